The Morgan fingerprint density at radius 1 is 0.506 bits per heavy atom. The number of hydrogen-bond donors (Lipinski definition) is 0. The minimum atomic E-state index is -1.35. The second kappa shape index (κ2) is 55.0. The molecule has 2 nitrogen and oxygen atoms in total. The standard InChI is InChI=1S/2C14H26Si.C14H18Si.C5H10.C5H6.C4H8O.C4H10O.C4H9.C3H6Cl2.C2H4.3Li.2H/c3*1-3-12-15(2,13-8-4-5-9-13)14-10-6-7-11-14;3*1-2-4-5-3-1;1-3-5-4-2;1-3-4-2;1-3(2,4)5;1-2;;;;;/h2*3,13-14H,1,4-12H2,2H3;3-11,13-14H,1,12H2,2H3;1-5H2;1-4H,5H2;1-4H2;3-4H2,1-2H3;1,3-4H2,2H3;1-2H3;1-2H2;;;;;/q;;;;;;;-1;;;3*+1;2*-1. The van der Waals surface area contributed by atoms with Crippen molar-refractivity contribution in [1.82, 2.24) is 0 Å². The first-order valence-electron chi connectivity index (χ1n) is 31.3. The molecule has 8 aliphatic carbocycles. The van der Waals surface area contributed by atoms with Gasteiger partial charge < -0.3 is 19.3 Å². The molecule has 10 heteroatoms. The molecule has 442 valence electrons. The summed E-state index contributed by atoms with van der Waals surface area (Å²) in [6, 6.07) is 3.97. The summed E-state index contributed by atoms with van der Waals surface area (Å²) in [5.41, 5.74) is 5.90. The van der Waals surface area contributed by atoms with Crippen LogP contribution in [0.2, 0.25) is 71.0 Å². The summed E-state index contributed by atoms with van der Waals surface area (Å²) in [6.07, 6.45) is 71.0. The summed E-state index contributed by atoms with van der Waals surface area (Å²) in [5.74, 6) is 0. The minimum absolute atomic E-state index is 0. The normalized spacial score (nSPS) is 19.2. The molecule has 1 aliphatic heterocycles. The summed E-state index contributed by atoms with van der Waals surface area (Å²) in [6.45, 7) is 42.7. The van der Waals surface area contributed by atoms with Crippen molar-refractivity contribution in [3.05, 3.63) is 131 Å². The van der Waals surface area contributed by atoms with E-state index < -0.39 is 28.6 Å². The Kier molecular flexibility index (Phi) is 59.7. The average molecular weight is 1160 g/mol. The molecule has 79 heavy (non-hydrogen) atoms. The number of hydrogen-bond acceptors (Lipinski definition) is 2. The Labute approximate surface area is 545 Å². The number of unbranched alkanes of at least 4 members (excludes halogenated alkanes) is 1. The number of alkyl halides is 2. The quantitative estimate of drug-likeness (QED) is 0.0704. The van der Waals surface area contributed by atoms with Gasteiger partial charge in [-0.05, 0) is 98.3 Å². The van der Waals surface area contributed by atoms with E-state index in [4.69, 9.17) is 32.7 Å². The minimum Gasteiger partial charge on any atom is -1.00 e. The van der Waals surface area contributed by atoms with E-state index >= 15 is 0 Å². The van der Waals surface area contributed by atoms with E-state index in [-0.39, 0.29) is 59.4 Å². The maximum Gasteiger partial charge on any atom is 1.00 e. The maximum atomic E-state index is 5.30. The molecule has 0 bridgehead atoms. The molecule has 0 aromatic rings. The third kappa shape index (κ3) is 38.9. The molecule has 5 saturated carbocycles. The van der Waals surface area contributed by atoms with E-state index in [0.29, 0.717) is 11.1 Å². The van der Waals surface area contributed by atoms with Crippen molar-refractivity contribution in [3.8, 4) is 0 Å². The molecule has 0 atom stereocenters. The molecule has 0 N–H and O–H groups in total. The fraction of sp³-hybridized carbons (Fsp3) is 0.696. The molecule has 6 fully saturated rings. The zero-order valence-electron chi connectivity index (χ0n) is 56.3. The smallest absolute Gasteiger partial charge is 1.00 e. The van der Waals surface area contributed by atoms with Gasteiger partial charge in [-0.15, -0.1) is 56.1 Å². The Morgan fingerprint density at radius 2 is 0.759 bits per heavy atom. The molecule has 0 spiro atoms. The summed E-state index contributed by atoms with van der Waals surface area (Å²) in [5, 5.41) is 0. The summed E-state index contributed by atoms with van der Waals surface area (Å²) < 4.78 is 9.22. The van der Waals surface area contributed by atoms with Crippen molar-refractivity contribution in [1.29, 1.82) is 0 Å². The van der Waals surface area contributed by atoms with Gasteiger partial charge in [0.1, 0.15) is 4.33 Å². The van der Waals surface area contributed by atoms with Crippen LogP contribution in [0.1, 0.15) is 204 Å². The SMILES string of the molecule is C1=CCC=C1.C1CCCC1.C1CCOC1.C=C.C=CC[Si](C)(C1C=CC=C1)C1C=CC=C1.C=CC[Si](C)(C1CCCC1)C1CCCC1.C=CC[Si](C)(C1CCCC1)C1CCCC1.CC(C)(Cl)Cl.CCOCC.[CH2-]CCC.[H-].[H-].[Li+].[Li+].[Li+]. The predicted octanol–water partition coefficient (Wildman–Crippen LogP) is 15.7. The van der Waals surface area contributed by atoms with Crippen molar-refractivity contribution in [3.63, 3.8) is 0 Å². The molecule has 0 radical (unpaired) electrons. The van der Waals surface area contributed by atoms with Crippen LogP contribution < -0.4 is 56.6 Å². The summed E-state index contributed by atoms with van der Waals surface area (Å²) >= 11 is 10.6. The predicted molar refractivity (Wildman–Crippen MR) is 361 cm³/mol. The second-order valence-electron chi connectivity index (χ2n) is 23.7. The van der Waals surface area contributed by atoms with Crippen molar-refractivity contribution in [2.75, 3.05) is 26.4 Å². The molecule has 9 aliphatic rings. The van der Waals surface area contributed by atoms with Gasteiger partial charge in [0, 0.05) is 26.4 Å². The fourth-order valence-electron chi connectivity index (χ4n) is 12.8. The number of rotatable bonds is 15. The molecule has 1 saturated heterocycles. The third-order valence-electron chi connectivity index (χ3n) is 17.4. The van der Waals surface area contributed by atoms with Gasteiger partial charge in [0.25, 0.3) is 0 Å². The van der Waals surface area contributed by atoms with Gasteiger partial charge in [-0.1, -0.05) is 259 Å². The van der Waals surface area contributed by atoms with E-state index in [0.717, 1.165) is 61.4 Å². The fourth-order valence-corrected chi connectivity index (χ4v) is 27.5. The van der Waals surface area contributed by atoms with Crippen LogP contribution in [0.15, 0.2) is 124 Å². The van der Waals surface area contributed by atoms with Crippen LogP contribution in [0.5, 0.6) is 0 Å². The average Bonchev–Trinajstić information content (AvgIpc) is 4.27. The van der Waals surface area contributed by atoms with Crippen LogP contribution in [0.4, 0.5) is 0 Å². The molecule has 1 heterocycles. The van der Waals surface area contributed by atoms with Crippen LogP contribution >= 0.6 is 23.2 Å². The molecule has 9 rings (SSSR count). The van der Waals surface area contributed by atoms with E-state index in [9.17, 15) is 0 Å². The van der Waals surface area contributed by atoms with Crippen molar-refractivity contribution in [2.24, 2.45) is 0 Å². The van der Waals surface area contributed by atoms with E-state index in [2.05, 4.69) is 158 Å². The Hall–Kier alpha value is 0.343. The second-order valence-corrected chi connectivity index (χ2v) is 40.6. The van der Waals surface area contributed by atoms with Gasteiger partial charge in [-0.3, -0.25) is 0 Å². The molecule has 0 aromatic carbocycles. The van der Waals surface area contributed by atoms with Crippen molar-refractivity contribution in [2.45, 2.75) is 277 Å². The summed E-state index contributed by atoms with van der Waals surface area (Å²) in [7, 11) is -3.35. The van der Waals surface area contributed by atoms with Gasteiger partial charge >= 0.3 is 56.6 Å². The van der Waals surface area contributed by atoms with Crippen LogP contribution in [-0.4, -0.2) is 55.0 Å². The van der Waals surface area contributed by atoms with Gasteiger partial charge in [-0.2, -0.15) is 6.42 Å². The first kappa shape index (κ1) is 85.8. The molecular formula is C69H125Cl2Li3O2Si3. The van der Waals surface area contributed by atoms with E-state index in [1.165, 1.54) is 121 Å². The van der Waals surface area contributed by atoms with Gasteiger partial charge in [0.2, 0.25) is 0 Å². The Bertz CT molecular complexity index is 1430. The van der Waals surface area contributed by atoms with Crippen LogP contribution in [-0.2, 0) is 9.47 Å². The number of ether oxygens (including phenoxy) is 2. The molecule has 0 aromatic heterocycles. The zero-order chi connectivity index (χ0) is 56.8. The third-order valence-corrected chi connectivity index (χ3v) is 34.5. The van der Waals surface area contributed by atoms with Gasteiger partial charge in [0.05, 0.1) is 24.2 Å². The van der Waals surface area contributed by atoms with Crippen molar-refractivity contribution < 1.29 is 68.9 Å². The molecular weight excluding hydrogens is 1040 g/mol. The number of halogens is 2. The largest absolute Gasteiger partial charge is 1.00 e. The molecule has 0 unspecified atom stereocenters. The first-order chi connectivity index (χ1) is 36.6. The van der Waals surface area contributed by atoms with Crippen LogP contribution in [0.25, 0.3) is 0 Å². The molecule has 0 amide bonds. The topological polar surface area (TPSA) is 18.5 Å². The van der Waals surface area contributed by atoms with Gasteiger partial charge in [0.15, 0.2) is 0 Å². The van der Waals surface area contributed by atoms with Gasteiger partial charge in [-0.25, -0.2) is 0 Å². The number of allylic oxidation sites excluding steroid dienone is 15. The van der Waals surface area contributed by atoms with E-state index in [1.54, 1.807) is 65.2 Å². The Balaban J connectivity index is -0.000000203. The zero-order valence-corrected chi connectivity index (χ0v) is 58.8. The van der Waals surface area contributed by atoms with Crippen molar-refractivity contribution >= 4 is 47.4 Å². The first-order valence-corrected chi connectivity index (χ1v) is 40.7. The summed E-state index contributed by atoms with van der Waals surface area (Å²) in [4.78, 5) is 0. The maximum absolute atomic E-state index is 5.30. The van der Waals surface area contributed by atoms with Crippen LogP contribution in [0, 0.1) is 6.92 Å². The van der Waals surface area contributed by atoms with Crippen LogP contribution in [0.3, 0.4) is 0 Å². The Morgan fingerprint density at radius 3 is 0.924 bits per heavy atom. The van der Waals surface area contributed by atoms with E-state index in [1.807, 2.05) is 13.8 Å². The monoisotopic (exact) mass is 1160 g/mol.